The first kappa shape index (κ1) is 11.7. The minimum absolute atomic E-state index is 0.715. The molecule has 0 fully saturated rings. The number of fused-ring (bicyclic) bond motifs is 1. The number of benzene rings is 2. The standard InChI is InChI=1S/C14H11BrN2S/c1-9-2-5-11(6-3-9)17-13-8-10(15)4-7-12(13)16-14(17)18/h2-8H,1H3,(H,16,18). The second-order valence-corrected chi connectivity index (χ2v) is 5.56. The Kier molecular flexibility index (Phi) is 2.84. The van der Waals surface area contributed by atoms with Gasteiger partial charge in [-0.1, -0.05) is 33.6 Å². The maximum absolute atomic E-state index is 5.40. The van der Waals surface area contributed by atoms with E-state index in [1.165, 1.54) is 5.56 Å². The van der Waals surface area contributed by atoms with Crippen LogP contribution in [0, 0.1) is 11.7 Å². The van der Waals surface area contributed by atoms with Crippen LogP contribution in [0.25, 0.3) is 16.7 Å². The number of hydrogen-bond acceptors (Lipinski definition) is 1. The highest BCUT2D eigenvalue weighted by Gasteiger charge is 2.06. The summed E-state index contributed by atoms with van der Waals surface area (Å²) in [6.45, 7) is 2.08. The number of halogens is 1. The average Bonchev–Trinajstić information content (AvgIpc) is 2.66. The summed E-state index contributed by atoms with van der Waals surface area (Å²) >= 11 is 8.90. The zero-order chi connectivity index (χ0) is 12.7. The molecule has 0 unspecified atom stereocenters. The summed E-state index contributed by atoms with van der Waals surface area (Å²) in [5.41, 5.74) is 4.45. The molecule has 0 atom stereocenters. The third-order valence-electron chi connectivity index (χ3n) is 2.94. The Balaban J connectivity index is 2.34. The van der Waals surface area contributed by atoms with E-state index in [0.29, 0.717) is 4.77 Å². The fourth-order valence-electron chi connectivity index (χ4n) is 2.03. The van der Waals surface area contributed by atoms with Gasteiger partial charge in [0.25, 0.3) is 0 Å². The Bertz CT molecular complexity index is 769. The molecule has 0 saturated carbocycles. The Labute approximate surface area is 118 Å². The normalized spacial score (nSPS) is 11.0. The predicted octanol–water partition coefficient (Wildman–Crippen LogP) is 4.76. The third kappa shape index (κ3) is 1.91. The van der Waals surface area contributed by atoms with Crippen molar-refractivity contribution < 1.29 is 0 Å². The molecule has 4 heteroatoms. The summed E-state index contributed by atoms with van der Waals surface area (Å²) in [6.07, 6.45) is 0. The van der Waals surface area contributed by atoms with Gasteiger partial charge in [-0.3, -0.25) is 4.57 Å². The quantitative estimate of drug-likeness (QED) is 0.641. The maximum atomic E-state index is 5.40. The van der Waals surface area contributed by atoms with Gasteiger partial charge >= 0.3 is 0 Å². The van der Waals surface area contributed by atoms with Crippen LogP contribution in [0.4, 0.5) is 0 Å². The predicted molar refractivity (Wildman–Crippen MR) is 80.9 cm³/mol. The first-order valence-electron chi connectivity index (χ1n) is 5.62. The van der Waals surface area contributed by atoms with Gasteiger partial charge in [-0.05, 0) is 49.5 Å². The number of aromatic amines is 1. The van der Waals surface area contributed by atoms with Gasteiger partial charge < -0.3 is 4.98 Å². The highest BCUT2D eigenvalue weighted by atomic mass is 79.9. The molecule has 90 valence electrons. The van der Waals surface area contributed by atoms with Crippen LogP contribution in [-0.4, -0.2) is 9.55 Å². The number of H-pyrrole nitrogens is 1. The topological polar surface area (TPSA) is 20.7 Å². The summed E-state index contributed by atoms with van der Waals surface area (Å²) in [6, 6.07) is 14.5. The number of rotatable bonds is 1. The first-order chi connectivity index (χ1) is 8.65. The Morgan fingerprint density at radius 2 is 1.83 bits per heavy atom. The van der Waals surface area contributed by atoms with Crippen LogP contribution in [0.15, 0.2) is 46.9 Å². The molecule has 0 radical (unpaired) electrons. The Hall–Kier alpha value is -1.39. The van der Waals surface area contributed by atoms with E-state index >= 15 is 0 Å². The Morgan fingerprint density at radius 1 is 1.11 bits per heavy atom. The first-order valence-corrected chi connectivity index (χ1v) is 6.82. The van der Waals surface area contributed by atoms with Crippen molar-refractivity contribution in [3.63, 3.8) is 0 Å². The van der Waals surface area contributed by atoms with Gasteiger partial charge in [0.15, 0.2) is 4.77 Å². The minimum atomic E-state index is 0.715. The second kappa shape index (κ2) is 4.37. The molecule has 1 N–H and O–H groups in total. The third-order valence-corrected chi connectivity index (χ3v) is 3.72. The summed E-state index contributed by atoms with van der Waals surface area (Å²) in [5.74, 6) is 0. The van der Waals surface area contributed by atoms with Crippen molar-refractivity contribution in [3.05, 3.63) is 57.3 Å². The molecular formula is C14H11BrN2S. The number of nitrogens with zero attached hydrogens (tertiary/aromatic N) is 1. The van der Waals surface area contributed by atoms with E-state index in [4.69, 9.17) is 12.2 Å². The van der Waals surface area contributed by atoms with Gasteiger partial charge in [-0.15, -0.1) is 0 Å². The van der Waals surface area contributed by atoms with E-state index in [-0.39, 0.29) is 0 Å². The van der Waals surface area contributed by atoms with E-state index in [1.54, 1.807) is 0 Å². The van der Waals surface area contributed by atoms with Crippen LogP contribution in [0.3, 0.4) is 0 Å². The molecule has 18 heavy (non-hydrogen) atoms. The van der Waals surface area contributed by atoms with E-state index in [0.717, 1.165) is 21.2 Å². The zero-order valence-corrected chi connectivity index (χ0v) is 12.2. The van der Waals surface area contributed by atoms with Crippen molar-refractivity contribution in [1.82, 2.24) is 9.55 Å². The van der Waals surface area contributed by atoms with Crippen LogP contribution >= 0.6 is 28.1 Å². The van der Waals surface area contributed by atoms with Gasteiger partial charge in [0.2, 0.25) is 0 Å². The lowest BCUT2D eigenvalue weighted by Crippen LogP contribution is -1.93. The van der Waals surface area contributed by atoms with Crippen molar-refractivity contribution in [1.29, 1.82) is 0 Å². The molecule has 0 saturated heterocycles. The number of imidazole rings is 1. The SMILES string of the molecule is Cc1ccc(-n2c(=S)[nH]c3ccc(Br)cc32)cc1. The molecular weight excluding hydrogens is 308 g/mol. The van der Waals surface area contributed by atoms with E-state index in [9.17, 15) is 0 Å². The van der Waals surface area contributed by atoms with Gasteiger partial charge in [0.05, 0.1) is 11.0 Å². The molecule has 0 bridgehead atoms. The minimum Gasteiger partial charge on any atom is -0.330 e. The van der Waals surface area contributed by atoms with Crippen molar-refractivity contribution in [2.24, 2.45) is 0 Å². The lowest BCUT2D eigenvalue weighted by molar-refractivity contribution is 1.06. The van der Waals surface area contributed by atoms with Crippen LogP contribution < -0.4 is 0 Å². The van der Waals surface area contributed by atoms with Crippen molar-refractivity contribution >= 4 is 39.2 Å². The summed E-state index contributed by atoms with van der Waals surface area (Å²) < 4.78 is 3.81. The lowest BCUT2D eigenvalue weighted by Gasteiger charge is -2.05. The molecule has 3 aromatic rings. The zero-order valence-electron chi connectivity index (χ0n) is 9.77. The molecule has 0 aliphatic carbocycles. The van der Waals surface area contributed by atoms with Crippen molar-refractivity contribution in [3.8, 4) is 5.69 Å². The maximum Gasteiger partial charge on any atom is 0.182 e. The second-order valence-electron chi connectivity index (χ2n) is 4.26. The highest BCUT2D eigenvalue weighted by Crippen LogP contribution is 2.23. The molecule has 0 amide bonds. The number of aromatic nitrogens is 2. The van der Waals surface area contributed by atoms with Crippen molar-refractivity contribution in [2.45, 2.75) is 6.92 Å². The van der Waals surface area contributed by atoms with Crippen molar-refractivity contribution in [2.75, 3.05) is 0 Å². The van der Waals surface area contributed by atoms with Crippen LogP contribution in [0.5, 0.6) is 0 Å². The van der Waals surface area contributed by atoms with Gasteiger partial charge in [-0.2, -0.15) is 0 Å². The van der Waals surface area contributed by atoms with Crippen LogP contribution in [-0.2, 0) is 0 Å². The largest absolute Gasteiger partial charge is 0.330 e. The monoisotopic (exact) mass is 318 g/mol. The smallest absolute Gasteiger partial charge is 0.182 e. The number of aryl methyl sites for hydroxylation is 1. The molecule has 0 aliphatic heterocycles. The molecule has 0 aliphatic rings. The van der Waals surface area contributed by atoms with Gasteiger partial charge in [0.1, 0.15) is 0 Å². The average molecular weight is 319 g/mol. The fraction of sp³-hybridized carbons (Fsp3) is 0.0714. The molecule has 0 spiro atoms. The summed E-state index contributed by atoms with van der Waals surface area (Å²) in [7, 11) is 0. The van der Waals surface area contributed by atoms with Crippen LogP contribution in [0.1, 0.15) is 5.56 Å². The summed E-state index contributed by atoms with van der Waals surface area (Å²) in [5, 5.41) is 0. The summed E-state index contributed by atoms with van der Waals surface area (Å²) in [4.78, 5) is 3.22. The number of hydrogen-bond donors (Lipinski definition) is 1. The van der Waals surface area contributed by atoms with E-state index in [2.05, 4.69) is 62.7 Å². The molecule has 1 heterocycles. The van der Waals surface area contributed by atoms with Gasteiger partial charge in [-0.25, -0.2) is 0 Å². The lowest BCUT2D eigenvalue weighted by atomic mass is 10.2. The van der Waals surface area contributed by atoms with E-state index < -0.39 is 0 Å². The van der Waals surface area contributed by atoms with Gasteiger partial charge in [0, 0.05) is 10.2 Å². The Morgan fingerprint density at radius 3 is 2.56 bits per heavy atom. The van der Waals surface area contributed by atoms with Crippen LogP contribution in [0.2, 0.25) is 0 Å². The molecule has 2 nitrogen and oxygen atoms in total. The molecule has 1 aromatic heterocycles. The highest BCUT2D eigenvalue weighted by molar-refractivity contribution is 9.10. The fourth-order valence-corrected chi connectivity index (χ4v) is 2.69. The van der Waals surface area contributed by atoms with E-state index in [1.807, 2.05) is 12.1 Å². The molecule has 3 rings (SSSR count). The number of nitrogens with one attached hydrogen (secondary N) is 1. The molecule has 2 aromatic carbocycles.